The Hall–Kier alpha value is -3.02. The summed E-state index contributed by atoms with van der Waals surface area (Å²) >= 11 is 0. The predicted octanol–water partition coefficient (Wildman–Crippen LogP) is 3.88. The number of para-hydroxylation sites is 2. The third-order valence-electron chi connectivity index (χ3n) is 4.97. The molecule has 0 atom stereocenters. The van der Waals surface area contributed by atoms with E-state index in [0.717, 1.165) is 41.2 Å². The van der Waals surface area contributed by atoms with Crippen molar-refractivity contribution in [3.05, 3.63) is 54.9 Å². The van der Waals surface area contributed by atoms with Gasteiger partial charge >= 0.3 is 0 Å². The predicted molar refractivity (Wildman–Crippen MR) is 100 cm³/mol. The van der Waals surface area contributed by atoms with Crippen LogP contribution in [0, 0.1) is 0 Å². The molecule has 1 aliphatic heterocycles. The second-order valence-electron chi connectivity index (χ2n) is 6.65. The van der Waals surface area contributed by atoms with Crippen LogP contribution < -0.4 is 4.90 Å². The Kier molecular flexibility index (Phi) is 3.55. The summed E-state index contributed by atoms with van der Waals surface area (Å²) < 4.78 is 15.3. The van der Waals surface area contributed by atoms with Gasteiger partial charge in [-0.2, -0.15) is 0 Å². The Morgan fingerprint density at radius 3 is 2.62 bits per heavy atom. The number of fused-ring (bicyclic) bond motifs is 3. The standard InChI is InChI=1S/C20H18FN5/c21-15-7-10-25(11-8-15)19-6-5-14(13-22-19)16-9-12-26-18-4-2-1-3-17(18)24-20(26)23-16/h1-6,9,12-13,15H,7-8,10-11H2. The summed E-state index contributed by atoms with van der Waals surface area (Å²) in [5.74, 6) is 1.58. The summed E-state index contributed by atoms with van der Waals surface area (Å²) in [4.78, 5) is 16.0. The van der Waals surface area contributed by atoms with Gasteiger partial charge in [-0.3, -0.25) is 4.40 Å². The molecular weight excluding hydrogens is 329 g/mol. The first kappa shape index (κ1) is 15.3. The number of rotatable bonds is 2. The number of benzene rings is 1. The number of halogens is 1. The minimum atomic E-state index is -0.675. The fourth-order valence-electron chi connectivity index (χ4n) is 3.51. The zero-order valence-corrected chi connectivity index (χ0v) is 14.2. The van der Waals surface area contributed by atoms with Gasteiger partial charge < -0.3 is 4.90 Å². The van der Waals surface area contributed by atoms with E-state index in [2.05, 4.69) is 19.9 Å². The van der Waals surface area contributed by atoms with Crippen molar-refractivity contribution >= 4 is 22.6 Å². The van der Waals surface area contributed by atoms with E-state index in [1.165, 1.54) is 0 Å². The highest BCUT2D eigenvalue weighted by molar-refractivity contribution is 5.79. The van der Waals surface area contributed by atoms with Crippen molar-refractivity contribution < 1.29 is 4.39 Å². The van der Waals surface area contributed by atoms with Crippen LogP contribution in [0.1, 0.15) is 12.8 Å². The molecule has 0 spiro atoms. The van der Waals surface area contributed by atoms with Crippen molar-refractivity contribution in [3.8, 4) is 11.3 Å². The molecule has 1 fully saturated rings. The molecule has 0 N–H and O–H groups in total. The highest BCUT2D eigenvalue weighted by atomic mass is 19.1. The molecule has 26 heavy (non-hydrogen) atoms. The molecular formula is C20H18FN5. The molecule has 0 radical (unpaired) electrons. The minimum absolute atomic E-state index is 0.578. The summed E-state index contributed by atoms with van der Waals surface area (Å²) in [6.45, 7) is 1.44. The Morgan fingerprint density at radius 1 is 0.962 bits per heavy atom. The first-order valence-electron chi connectivity index (χ1n) is 8.87. The molecule has 6 heteroatoms. The Balaban J connectivity index is 1.46. The van der Waals surface area contributed by atoms with Crippen LogP contribution in [-0.2, 0) is 0 Å². The van der Waals surface area contributed by atoms with Crippen LogP contribution in [0.4, 0.5) is 10.2 Å². The summed E-state index contributed by atoms with van der Waals surface area (Å²) in [7, 11) is 0. The average molecular weight is 347 g/mol. The summed E-state index contributed by atoms with van der Waals surface area (Å²) in [6.07, 6.45) is 4.31. The van der Waals surface area contributed by atoms with Crippen LogP contribution in [0.5, 0.6) is 0 Å². The molecule has 130 valence electrons. The quantitative estimate of drug-likeness (QED) is 0.552. The normalized spacial score (nSPS) is 15.8. The maximum atomic E-state index is 13.3. The zero-order valence-electron chi connectivity index (χ0n) is 14.2. The van der Waals surface area contributed by atoms with Gasteiger partial charge in [-0.1, -0.05) is 12.1 Å². The highest BCUT2D eigenvalue weighted by Gasteiger charge is 2.19. The molecule has 0 amide bonds. The van der Waals surface area contributed by atoms with E-state index in [4.69, 9.17) is 0 Å². The van der Waals surface area contributed by atoms with E-state index in [1.54, 1.807) is 0 Å². The lowest BCUT2D eigenvalue weighted by Crippen LogP contribution is -2.34. The number of nitrogens with zero attached hydrogens (tertiary/aromatic N) is 5. The number of hydrogen-bond acceptors (Lipinski definition) is 4. The second kappa shape index (κ2) is 6.05. The van der Waals surface area contributed by atoms with E-state index in [-0.39, 0.29) is 0 Å². The number of hydrogen-bond donors (Lipinski definition) is 0. The lowest BCUT2D eigenvalue weighted by molar-refractivity contribution is 0.277. The summed E-state index contributed by atoms with van der Waals surface area (Å²) in [5, 5.41) is 0. The van der Waals surface area contributed by atoms with Crippen molar-refractivity contribution in [2.24, 2.45) is 0 Å². The lowest BCUT2D eigenvalue weighted by Gasteiger charge is -2.29. The molecule has 5 rings (SSSR count). The van der Waals surface area contributed by atoms with Crippen molar-refractivity contribution in [1.29, 1.82) is 0 Å². The number of anilines is 1. The summed E-state index contributed by atoms with van der Waals surface area (Å²) in [6, 6.07) is 14.0. The number of imidazole rings is 1. The maximum Gasteiger partial charge on any atom is 0.235 e. The topological polar surface area (TPSA) is 46.3 Å². The van der Waals surface area contributed by atoms with Crippen molar-refractivity contribution in [2.75, 3.05) is 18.0 Å². The van der Waals surface area contributed by atoms with Crippen LogP contribution in [0.3, 0.4) is 0 Å². The molecule has 4 aromatic rings. The average Bonchev–Trinajstić information content (AvgIpc) is 3.06. The van der Waals surface area contributed by atoms with E-state index < -0.39 is 6.17 Å². The van der Waals surface area contributed by atoms with E-state index >= 15 is 0 Å². The van der Waals surface area contributed by atoms with Gasteiger partial charge in [-0.25, -0.2) is 19.3 Å². The van der Waals surface area contributed by atoms with Crippen molar-refractivity contribution in [1.82, 2.24) is 19.4 Å². The molecule has 0 saturated carbocycles. The fourth-order valence-corrected chi connectivity index (χ4v) is 3.51. The minimum Gasteiger partial charge on any atom is -0.356 e. The number of aromatic nitrogens is 4. The largest absolute Gasteiger partial charge is 0.356 e. The molecule has 0 aliphatic carbocycles. The first-order chi connectivity index (χ1) is 12.8. The van der Waals surface area contributed by atoms with Crippen molar-refractivity contribution in [2.45, 2.75) is 19.0 Å². The third kappa shape index (κ3) is 2.58. The van der Waals surface area contributed by atoms with Gasteiger partial charge in [0.2, 0.25) is 5.78 Å². The fraction of sp³-hybridized carbons (Fsp3) is 0.250. The molecule has 1 aromatic carbocycles. The van der Waals surface area contributed by atoms with E-state index in [9.17, 15) is 4.39 Å². The van der Waals surface area contributed by atoms with Crippen LogP contribution in [0.25, 0.3) is 28.1 Å². The van der Waals surface area contributed by atoms with E-state index in [1.807, 2.05) is 59.3 Å². The lowest BCUT2D eigenvalue weighted by atomic mass is 10.1. The van der Waals surface area contributed by atoms with Crippen molar-refractivity contribution in [3.63, 3.8) is 0 Å². The second-order valence-corrected chi connectivity index (χ2v) is 6.65. The molecule has 4 heterocycles. The summed E-state index contributed by atoms with van der Waals surface area (Å²) in [5.41, 5.74) is 3.77. The first-order valence-corrected chi connectivity index (χ1v) is 8.87. The van der Waals surface area contributed by atoms with Gasteiger partial charge in [0.1, 0.15) is 12.0 Å². The molecule has 1 saturated heterocycles. The van der Waals surface area contributed by atoms with Gasteiger partial charge in [-0.05, 0) is 43.2 Å². The van der Waals surface area contributed by atoms with Crippen LogP contribution in [0.15, 0.2) is 54.9 Å². The van der Waals surface area contributed by atoms with Crippen LogP contribution in [-0.4, -0.2) is 38.6 Å². The monoisotopic (exact) mass is 347 g/mol. The third-order valence-corrected chi connectivity index (χ3v) is 4.97. The Bertz CT molecular complexity index is 1060. The number of pyridine rings is 1. The highest BCUT2D eigenvalue weighted by Crippen LogP contribution is 2.24. The van der Waals surface area contributed by atoms with Crippen LogP contribution >= 0.6 is 0 Å². The SMILES string of the molecule is FC1CCN(c2ccc(-c3ccn4c(n3)nc3ccccc34)cn2)CC1. The molecule has 0 bridgehead atoms. The molecule has 0 unspecified atom stereocenters. The van der Waals surface area contributed by atoms with Gasteiger partial charge in [0.25, 0.3) is 0 Å². The van der Waals surface area contributed by atoms with Gasteiger partial charge in [0.15, 0.2) is 0 Å². The maximum absolute atomic E-state index is 13.3. The van der Waals surface area contributed by atoms with Gasteiger partial charge in [-0.15, -0.1) is 0 Å². The smallest absolute Gasteiger partial charge is 0.235 e. The van der Waals surface area contributed by atoms with Gasteiger partial charge in [0, 0.05) is 31.0 Å². The Labute approximate surface area is 150 Å². The van der Waals surface area contributed by atoms with Gasteiger partial charge in [0.05, 0.1) is 16.7 Å². The Morgan fingerprint density at radius 2 is 1.81 bits per heavy atom. The van der Waals surface area contributed by atoms with Crippen LogP contribution in [0.2, 0.25) is 0 Å². The number of alkyl halides is 1. The molecule has 5 nitrogen and oxygen atoms in total. The molecule has 1 aliphatic rings. The number of piperidine rings is 1. The molecule has 3 aromatic heterocycles. The zero-order chi connectivity index (χ0) is 17.5. The van der Waals surface area contributed by atoms with E-state index in [0.29, 0.717) is 18.6 Å².